The molecule has 0 amide bonds. The molecule has 0 heterocycles. The second-order valence-electron chi connectivity index (χ2n) is 2.31. The van der Waals surface area contributed by atoms with E-state index in [4.69, 9.17) is 22.7 Å². The molecule has 0 spiro atoms. The monoisotopic (exact) mass is 180 g/mol. The maximum Gasteiger partial charge on any atom is 0.122 e. The van der Waals surface area contributed by atoms with Crippen LogP contribution in [0.4, 0.5) is 0 Å². The largest absolute Gasteiger partial charge is 0.398 e. The highest BCUT2D eigenvalue weighted by Crippen LogP contribution is 2.07. The van der Waals surface area contributed by atoms with Gasteiger partial charge in [0, 0.05) is 5.70 Å². The molecule has 3 heteroatoms. The van der Waals surface area contributed by atoms with Crippen molar-refractivity contribution in [3.05, 3.63) is 42.0 Å². The highest BCUT2D eigenvalue weighted by molar-refractivity contribution is 6.67. The van der Waals surface area contributed by atoms with Crippen molar-refractivity contribution in [1.29, 1.82) is 5.41 Å². The first kappa shape index (κ1) is 8.81. The Labute approximate surface area is 76.2 Å². The average Bonchev–Trinajstić information content (AvgIpc) is 2.05. The summed E-state index contributed by atoms with van der Waals surface area (Å²) >= 11 is 5.35. The van der Waals surface area contributed by atoms with E-state index in [1.165, 1.54) is 6.08 Å². The Hall–Kier alpha value is -1.28. The van der Waals surface area contributed by atoms with Gasteiger partial charge >= 0.3 is 0 Å². The Kier molecular flexibility index (Phi) is 2.88. The molecule has 2 nitrogen and oxygen atoms in total. The zero-order valence-corrected chi connectivity index (χ0v) is 7.18. The molecule has 0 aliphatic rings. The molecule has 0 aliphatic heterocycles. The number of nitrogens with two attached hydrogens (primary N) is 1. The second kappa shape index (κ2) is 3.93. The Morgan fingerprint density at radius 2 is 1.92 bits per heavy atom. The van der Waals surface area contributed by atoms with Crippen LogP contribution in [-0.4, -0.2) is 5.17 Å². The van der Waals surface area contributed by atoms with Crippen molar-refractivity contribution in [3.63, 3.8) is 0 Å². The summed E-state index contributed by atoms with van der Waals surface area (Å²) < 4.78 is 0. The van der Waals surface area contributed by atoms with Crippen LogP contribution in [0.1, 0.15) is 5.56 Å². The third-order valence-corrected chi connectivity index (χ3v) is 1.50. The van der Waals surface area contributed by atoms with Crippen LogP contribution in [0.25, 0.3) is 5.70 Å². The average molecular weight is 181 g/mol. The van der Waals surface area contributed by atoms with Crippen LogP contribution in [0.2, 0.25) is 0 Å². The van der Waals surface area contributed by atoms with Gasteiger partial charge in [-0.15, -0.1) is 0 Å². The number of halogens is 1. The lowest BCUT2D eigenvalue weighted by Crippen LogP contribution is -1.97. The van der Waals surface area contributed by atoms with Crippen molar-refractivity contribution in [1.82, 2.24) is 0 Å². The molecule has 1 rings (SSSR count). The molecule has 0 fully saturated rings. The van der Waals surface area contributed by atoms with Crippen LogP contribution in [0, 0.1) is 5.41 Å². The SMILES string of the molecule is N=C(Cl)/C=C(\N)c1ccccc1. The first-order chi connectivity index (χ1) is 5.70. The molecule has 0 unspecified atom stereocenters. The fraction of sp³-hybridized carbons (Fsp3) is 0. The molecule has 0 atom stereocenters. The van der Waals surface area contributed by atoms with Crippen LogP contribution >= 0.6 is 11.6 Å². The lowest BCUT2D eigenvalue weighted by Gasteiger charge is -1.98. The van der Waals surface area contributed by atoms with Gasteiger partial charge in [0.25, 0.3) is 0 Å². The minimum absolute atomic E-state index is 0.0589. The van der Waals surface area contributed by atoms with Crippen LogP contribution in [0.3, 0.4) is 0 Å². The summed E-state index contributed by atoms with van der Waals surface area (Å²) in [6.45, 7) is 0. The number of benzene rings is 1. The summed E-state index contributed by atoms with van der Waals surface area (Å²) in [5, 5.41) is 6.92. The van der Waals surface area contributed by atoms with Crippen molar-refractivity contribution in [2.75, 3.05) is 0 Å². The minimum Gasteiger partial charge on any atom is -0.398 e. The van der Waals surface area contributed by atoms with Crippen molar-refractivity contribution in [3.8, 4) is 0 Å². The Morgan fingerprint density at radius 3 is 2.42 bits per heavy atom. The summed E-state index contributed by atoms with van der Waals surface area (Å²) in [5.74, 6) is 0. The number of allylic oxidation sites excluding steroid dienone is 1. The third kappa shape index (κ3) is 2.40. The number of hydrogen-bond donors (Lipinski definition) is 2. The van der Waals surface area contributed by atoms with E-state index in [1.807, 2.05) is 30.3 Å². The molecule has 62 valence electrons. The van der Waals surface area contributed by atoms with Crippen molar-refractivity contribution in [2.24, 2.45) is 5.73 Å². The van der Waals surface area contributed by atoms with E-state index in [2.05, 4.69) is 0 Å². The lowest BCUT2D eigenvalue weighted by atomic mass is 10.1. The maximum atomic E-state index is 6.98. The zero-order chi connectivity index (χ0) is 8.97. The Morgan fingerprint density at radius 1 is 1.33 bits per heavy atom. The summed E-state index contributed by atoms with van der Waals surface area (Å²) in [4.78, 5) is 0. The lowest BCUT2D eigenvalue weighted by molar-refractivity contribution is 1.51. The van der Waals surface area contributed by atoms with Crippen LogP contribution in [-0.2, 0) is 0 Å². The topological polar surface area (TPSA) is 49.9 Å². The van der Waals surface area contributed by atoms with Crippen LogP contribution < -0.4 is 5.73 Å². The maximum absolute atomic E-state index is 6.98. The van der Waals surface area contributed by atoms with E-state index in [0.717, 1.165) is 5.56 Å². The molecule has 12 heavy (non-hydrogen) atoms. The number of hydrogen-bond acceptors (Lipinski definition) is 2. The van der Waals surface area contributed by atoms with E-state index < -0.39 is 0 Å². The fourth-order valence-electron chi connectivity index (χ4n) is 0.850. The van der Waals surface area contributed by atoms with Gasteiger partial charge in [-0.2, -0.15) is 0 Å². The van der Waals surface area contributed by atoms with Gasteiger partial charge in [0.15, 0.2) is 0 Å². The molecule has 0 bridgehead atoms. The molecule has 0 saturated heterocycles. The highest BCUT2D eigenvalue weighted by Gasteiger charge is 1.94. The quantitative estimate of drug-likeness (QED) is 0.674. The molecule has 0 saturated carbocycles. The smallest absolute Gasteiger partial charge is 0.122 e. The van der Waals surface area contributed by atoms with E-state index >= 15 is 0 Å². The van der Waals surface area contributed by atoms with Gasteiger partial charge in [0.05, 0.1) is 0 Å². The third-order valence-electron chi connectivity index (χ3n) is 1.39. The summed E-state index contributed by atoms with van der Waals surface area (Å²) in [6.07, 6.45) is 1.41. The summed E-state index contributed by atoms with van der Waals surface area (Å²) in [7, 11) is 0. The van der Waals surface area contributed by atoms with Crippen LogP contribution in [0.15, 0.2) is 36.4 Å². The molecular formula is C9H9ClN2. The van der Waals surface area contributed by atoms with Gasteiger partial charge in [-0.3, -0.25) is 5.41 Å². The molecule has 0 aliphatic carbocycles. The molecule has 1 aromatic carbocycles. The van der Waals surface area contributed by atoms with E-state index in [0.29, 0.717) is 5.70 Å². The van der Waals surface area contributed by atoms with Gasteiger partial charge in [-0.25, -0.2) is 0 Å². The Bertz CT molecular complexity index is 304. The first-order valence-electron chi connectivity index (χ1n) is 3.47. The predicted octanol–water partition coefficient (Wildman–Crippen LogP) is 2.20. The van der Waals surface area contributed by atoms with Gasteiger partial charge in [-0.1, -0.05) is 41.9 Å². The van der Waals surface area contributed by atoms with Gasteiger partial charge in [0.1, 0.15) is 5.17 Å². The molecule has 1 aromatic rings. The predicted molar refractivity (Wildman–Crippen MR) is 52.2 cm³/mol. The number of rotatable bonds is 2. The fourth-order valence-corrected chi connectivity index (χ4v) is 0.968. The van der Waals surface area contributed by atoms with Crippen LogP contribution in [0.5, 0.6) is 0 Å². The first-order valence-corrected chi connectivity index (χ1v) is 3.84. The molecule has 3 N–H and O–H groups in total. The second-order valence-corrected chi connectivity index (χ2v) is 2.72. The molecular weight excluding hydrogens is 172 g/mol. The van der Waals surface area contributed by atoms with E-state index in [-0.39, 0.29) is 5.17 Å². The normalized spacial score (nSPS) is 11.2. The van der Waals surface area contributed by atoms with Crippen molar-refractivity contribution < 1.29 is 0 Å². The van der Waals surface area contributed by atoms with Crippen molar-refractivity contribution >= 4 is 22.5 Å². The zero-order valence-electron chi connectivity index (χ0n) is 6.42. The van der Waals surface area contributed by atoms with Gasteiger partial charge in [-0.05, 0) is 11.6 Å². The molecule has 0 radical (unpaired) electrons. The highest BCUT2D eigenvalue weighted by atomic mass is 35.5. The van der Waals surface area contributed by atoms with Gasteiger partial charge in [0.2, 0.25) is 0 Å². The minimum atomic E-state index is -0.0589. The summed E-state index contributed by atoms with van der Waals surface area (Å²) in [6, 6.07) is 9.40. The summed E-state index contributed by atoms with van der Waals surface area (Å²) in [5.41, 5.74) is 7.02. The van der Waals surface area contributed by atoms with E-state index in [9.17, 15) is 0 Å². The Balaban J connectivity index is 2.93. The molecule has 0 aromatic heterocycles. The number of nitrogens with one attached hydrogen (secondary N) is 1. The van der Waals surface area contributed by atoms with Gasteiger partial charge < -0.3 is 5.73 Å². The standard InChI is InChI=1S/C9H9ClN2/c10-9(12)6-8(11)7-4-2-1-3-5-7/h1-6,12H,11H2/b8-6-,12-9?. The van der Waals surface area contributed by atoms with E-state index in [1.54, 1.807) is 0 Å². The van der Waals surface area contributed by atoms with Crippen molar-refractivity contribution in [2.45, 2.75) is 0 Å².